The van der Waals surface area contributed by atoms with Crippen molar-refractivity contribution in [2.75, 3.05) is 13.2 Å². The molecule has 0 saturated carbocycles. The largest absolute Gasteiger partial charge is 0.492 e. The molecule has 0 radical (unpaired) electrons. The van der Waals surface area contributed by atoms with Gasteiger partial charge in [-0.05, 0) is 12.1 Å². The standard InChI is InChI=1S/C15H17N3O3/c16-17-15(19)14-12(5-7-21-14)10-18-6-8-20-13-4-2-1-3-11(13)9-18/h1-5,7H,6,8-10,16H2,(H,17,19). The second-order valence-corrected chi connectivity index (χ2v) is 4.92. The summed E-state index contributed by atoms with van der Waals surface area (Å²) < 4.78 is 10.9. The van der Waals surface area contributed by atoms with E-state index in [0.717, 1.165) is 30.0 Å². The van der Waals surface area contributed by atoms with E-state index in [2.05, 4.69) is 16.4 Å². The number of nitrogens with two attached hydrogens (primary N) is 1. The van der Waals surface area contributed by atoms with E-state index in [1.54, 1.807) is 6.07 Å². The quantitative estimate of drug-likeness (QED) is 0.505. The lowest BCUT2D eigenvalue weighted by Crippen LogP contribution is -2.31. The summed E-state index contributed by atoms with van der Waals surface area (Å²) in [4.78, 5) is 13.8. The van der Waals surface area contributed by atoms with E-state index in [1.807, 2.05) is 18.2 Å². The normalized spacial score (nSPS) is 14.9. The Morgan fingerprint density at radius 2 is 2.19 bits per heavy atom. The molecule has 2 heterocycles. The molecule has 1 aromatic carbocycles. The number of carbonyl (C=O) groups excluding carboxylic acids is 1. The van der Waals surface area contributed by atoms with Crippen molar-refractivity contribution in [2.45, 2.75) is 13.1 Å². The van der Waals surface area contributed by atoms with Crippen molar-refractivity contribution in [3.8, 4) is 5.75 Å². The number of hydrogen-bond acceptors (Lipinski definition) is 5. The van der Waals surface area contributed by atoms with Crippen LogP contribution in [0.25, 0.3) is 0 Å². The zero-order chi connectivity index (χ0) is 14.7. The van der Waals surface area contributed by atoms with Crippen molar-refractivity contribution in [1.82, 2.24) is 10.3 Å². The Morgan fingerprint density at radius 1 is 1.33 bits per heavy atom. The molecule has 1 aliphatic heterocycles. The number of ether oxygens (including phenoxy) is 1. The average molecular weight is 287 g/mol. The van der Waals surface area contributed by atoms with Crippen molar-refractivity contribution in [3.05, 3.63) is 53.5 Å². The number of nitrogens with one attached hydrogen (secondary N) is 1. The van der Waals surface area contributed by atoms with Crippen LogP contribution in [0, 0.1) is 0 Å². The fourth-order valence-corrected chi connectivity index (χ4v) is 2.48. The highest BCUT2D eigenvalue weighted by atomic mass is 16.5. The predicted molar refractivity (Wildman–Crippen MR) is 76.4 cm³/mol. The Morgan fingerprint density at radius 3 is 3.05 bits per heavy atom. The Labute approximate surface area is 122 Å². The lowest BCUT2D eigenvalue weighted by molar-refractivity contribution is 0.0922. The molecule has 6 nitrogen and oxygen atoms in total. The Hall–Kier alpha value is -2.31. The molecule has 1 amide bonds. The van der Waals surface area contributed by atoms with Crippen LogP contribution in [0.1, 0.15) is 21.7 Å². The maximum Gasteiger partial charge on any atom is 0.301 e. The van der Waals surface area contributed by atoms with Gasteiger partial charge in [0.15, 0.2) is 5.76 Å². The van der Waals surface area contributed by atoms with E-state index in [4.69, 9.17) is 15.0 Å². The Bertz CT molecular complexity index is 639. The van der Waals surface area contributed by atoms with Crippen LogP contribution in [-0.2, 0) is 13.1 Å². The molecule has 3 N–H and O–H groups in total. The van der Waals surface area contributed by atoms with Gasteiger partial charge in [-0.15, -0.1) is 0 Å². The first-order valence-corrected chi connectivity index (χ1v) is 6.78. The molecule has 1 aliphatic rings. The average Bonchev–Trinajstić information content (AvgIpc) is 2.86. The number of furan rings is 1. The van der Waals surface area contributed by atoms with Gasteiger partial charge in [-0.25, -0.2) is 5.84 Å². The van der Waals surface area contributed by atoms with Crippen LogP contribution in [0.5, 0.6) is 5.75 Å². The molecule has 0 fully saturated rings. The summed E-state index contributed by atoms with van der Waals surface area (Å²) in [6.45, 7) is 2.78. The fraction of sp³-hybridized carbons (Fsp3) is 0.267. The van der Waals surface area contributed by atoms with E-state index in [1.165, 1.54) is 6.26 Å². The predicted octanol–water partition coefficient (Wildman–Crippen LogP) is 1.28. The molecule has 110 valence electrons. The molecule has 0 spiro atoms. The van der Waals surface area contributed by atoms with Crippen LogP contribution >= 0.6 is 0 Å². The Kier molecular flexibility index (Phi) is 3.89. The number of hydrazine groups is 1. The van der Waals surface area contributed by atoms with Crippen molar-refractivity contribution in [2.24, 2.45) is 5.84 Å². The molecular weight excluding hydrogens is 270 g/mol. The van der Waals surface area contributed by atoms with Crippen LogP contribution in [0.15, 0.2) is 41.0 Å². The highest BCUT2D eigenvalue weighted by molar-refractivity contribution is 5.92. The number of fused-ring (bicyclic) bond motifs is 1. The summed E-state index contributed by atoms with van der Waals surface area (Å²) >= 11 is 0. The van der Waals surface area contributed by atoms with Crippen LogP contribution in [0.2, 0.25) is 0 Å². The minimum absolute atomic E-state index is 0.260. The summed E-state index contributed by atoms with van der Waals surface area (Å²) in [6.07, 6.45) is 1.50. The Balaban J connectivity index is 1.77. The van der Waals surface area contributed by atoms with E-state index in [9.17, 15) is 4.79 Å². The van der Waals surface area contributed by atoms with Crippen molar-refractivity contribution in [1.29, 1.82) is 0 Å². The molecule has 0 aliphatic carbocycles. The maximum atomic E-state index is 11.6. The number of hydrogen-bond donors (Lipinski definition) is 2. The van der Waals surface area contributed by atoms with Crippen molar-refractivity contribution < 1.29 is 13.9 Å². The molecule has 1 aromatic heterocycles. The van der Waals surface area contributed by atoms with Gasteiger partial charge in [0, 0.05) is 30.8 Å². The van der Waals surface area contributed by atoms with Gasteiger partial charge in [0.1, 0.15) is 12.4 Å². The van der Waals surface area contributed by atoms with Gasteiger partial charge < -0.3 is 9.15 Å². The molecule has 3 rings (SSSR count). The zero-order valence-corrected chi connectivity index (χ0v) is 11.5. The third-order valence-corrected chi connectivity index (χ3v) is 3.51. The summed E-state index contributed by atoms with van der Waals surface area (Å²) in [5.74, 6) is 5.93. The number of carbonyl (C=O) groups is 1. The van der Waals surface area contributed by atoms with E-state index in [-0.39, 0.29) is 5.76 Å². The third kappa shape index (κ3) is 2.91. The number of benzene rings is 1. The molecule has 2 aromatic rings. The molecule has 0 bridgehead atoms. The highest BCUT2D eigenvalue weighted by Crippen LogP contribution is 2.24. The molecule has 6 heteroatoms. The van der Waals surface area contributed by atoms with Crippen molar-refractivity contribution in [3.63, 3.8) is 0 Å². The first-order valence-electron chi connectivity index (χ1n) is 6.78. The number of para-hydroxylation sites is 1. The molecular formula is C15H17N3O3. The summed E-state index contributed by atoms with van der Waals surface area (Å²) in [7, 11) is 0. The smallest absolute Gasteiger partial charge is 0.301 e. The van der Waals surface area contributed by atoms with Crippen LogP contribution in [0.3, 0.4) is 0 Å². The van der Waals surface area contributed by atoms with Gasteiger partial charge in [-0.3, -0.25) is 15.1 Å². The monoisotopic (exact) mass is 287 g/mol. The van der Waals surface area contributed by atoms with Gasteiger partial charge >= 0.3 is 5.91 Å². The maximum absolute atomic E-state index is 11.6. The van der Waals surface area contributed by atoms with Crippen LogP contribution < -0.4 is 16.0 Å². The molecule has 21 heavy (non-hydrogen) atoms. The fourth-order valence-electron chi connectivity index (χ4n) is 2.48. The first kappa shape index (κ1) is 13.7. The number of amides is 1. The van der Waals surface area contributed by atoms with E-state index >= 15 is 0 Å². The second kappa shape index (κ2) is 5.99. The zero-order valence-electron chi connectivity index (χ0n) is 11.5. The van der Waals surface area contributed by atoms with Gasteiger partial charge in [-0.2, -0.15) is 0 Å². The minimum Gasteiger partial charge on any atom is -0.492 e. The molecule has 0 atom stereocenters. The van der Waals surface area contributed by atoms with Gasteiger partial charge in [0.2, 0.25) is 0 Å². The summed E-state index contributed by atoms with van der Waals surface area (Å²) in [5, 5.41) is 0. The summed E-state index contributed by atoms with van der Waals surface area (Å²) in [5.41, 5.74) is 4.06. The number of rotatable bonds is 3. The van der Waals surface area contributed by atoms with Gasteiger partial charge in [0.05, 0.1) is 6.26 Å². The van der Waals surface area contributed by atoms with Gasteiger partial charge in [0.25, 0.3) is 0 Å². The SMILES string of the molecule is NNC(=O)c1occc1CN1CCOc2ccccc2C1. The molecule has 0 saturated heterocycles. The third-order valence-electron chi connectivity index (χ3n) is 3.51. The highest BCUT2D eigenvalue weighted by Gasteiger charge is 2.19. The summed E-state index contributed by atoms with van der Waals surface area (Å²) in [6, 6.07) is 9.79. The first-order chi connectivity index (χ1) is 10.3. The van der Waals surface area contributed by atoms with Crippen LogP contribution in [-0.4, -0.2) is 24.0 Å². The number of nitrogen functional groups attached to an aromatic ring is 1. The topological polar surface area (TPSA) is 80.7 Å². The molecule has 0 unspecified atom stereocenters. The number of nitrogens with zero attached hydrogens (tertiary/aromatic N) is 1. The lowest BCUT2D eigenvalue weighted by atomic mass is 10.1. The van der Waals surface area contributed by atoms with E-state index in [0.29, 0.717) is 13.2 Å². The van der Waals surface area contributed by atoms with Gasteiger partial charge in [-0.1, -0.05) is 18.2 Å². The second-order valence-electron chi connectivity index (χ2n) is 4.92. The lowest BCUT2D eigenvalue weighted by Gasteiger charge is -2.18. The minimum atomic E-state index is -0.415. The van der Waals surface area contributed by atoms with Crippen LogP contribution in [0.4, 0.5) is 0 Å². The van der Waals surface area contributed by atoms with E-state index < -0.39 is 5.91 Å². The van der Waals surface area contributed by atoms with Crippen molar-refractivity contribution >= 4 is 5.91 Å².